The number of hydrogen-bond acceptors (Lipinski definition) is 7. The van der Waals surface area contributed by atoms with E-state index in [-0.39, 0.29) is 17.4 Å². The molecule has 1 aliphatic rings. The van der Waals surface area contributed by atoms with Crippen LogP contribution in [0.15, 0.2) is 24.7 Å². The number of nitrogens with zero attached hydrogens (tertiary/aromatic N) is 6. The van der Waals surface area contributed by atoms with E-state index in [9.17, 15) is 13.6 Å². The van der Waals surface area contributed by atoms with Crippen LogP contribution in [0.1, 0.15) is 22.5 Å². The van der Waals surface area contributed by atoms with E-state index in [4.69, 9.17) is 9.47 Å². The molecule has 12 heteroatoms. The van der Waals surface area contributed by atoms with E-state index in [0.717, 1.165) is 0 Å². The first kappa shape index (κ1) is 20.2. The van der Waals surface area contributed by atoms with Crippen LogP contribution in [0.3, 0.4) is 0 Å². The molecule has 1 fully saturated rings. The number of rotatable bonds is 6. The second-order valence-electron chi connectivity index (χ2n) is 6.86. The Morgan fingerprint density at radius 2 is 2.30 bits per heavy atom. The van der Waals surface area contributed by atoms with E-state index in [1.165, 1.54) is 28.6 Å². The van der Waals surface area contributed by atoms with Crippen molar-refractivity contribution in [2.75, 3.05) is 43.6 Å². The van der Waals surface area contributed by atoms with Crippen LogP contribution in [0.4, 0.5) is 20.3 Å². The van der Waals surface area contributed by atoms with Gasteiger partial charge in [0.15, 0.2) is 11.3 Å². The van der Waals surface area contributed by atoms with E-state index < -0.39 is 18.0 Å². The Morgan fingerprint density at radius 3 is 3.07 bits per heavy atom. The molecule has 1 atom stereocenters. The molecule has 30 heavy (non-hydrogen) atoms. The standard InChI is InChI=1S/C18H21F2N7O3/c1-25-9-13(15(24-25)16(19)20)22-18(28)12-7-21-27-4-3-14(23-17(12)27)26-5-6-30-11(8-26)10-29-2/h3-4,7,9,11,16H,5-6,8,10H2,1-2H3,(H,22,28). The minimum absolute atomic E-state index is 0.0522. The fourth-order valence-electron chi connectivity index (χ4n) is 3.36. The van der Waals surface area contributed by atoms with Gasteiger partial charge in [0, 0.05) is 39.6 Å². The first-order chi connectivity index (χ1) is 14.5. The predicted molar refractivity (Wildman–Crippen MR) is 103 cm³/mol. The molecule has 1 aliphatic heterocycles. The molecule has 1 N–H and O–H groups in total. The number of carbonyl (C=O) groups excluding carboxylic acids is 1. The zero-order valence-electron chi connectivity index (χ0n) is 16.5. The number of fused-ring (bicyclic) bond motifs is 1. The maximum atomic E-state index is 13.2. The summed E-state index contributed by atoms with van der Waals surface area (Å²) in [7, 11) is 3.12. The van der Waals surface area contributed by atoms with Crippen molar-refractivity contribution in [2.24, 2.45) is 7.05 Å². The summed E-state index contributed by atoms with van der Waals surface area (Å²) in [4.78, 5) is 19.4. The number of aryl methyl sites for hydroxylation is 1. The van der Waals surface area contributed by atoms with Crippen molar-refractivity contribution in [3.8, 4) is 0 Å². The fraction of sp³-hybridized carbons (Fsp3) is 0.444. The molecule has 1 unspecified atom stereocenters. The zero-order valence-corrected chi connectivity index (χ0v) is 16.5. The Morgan fingerprint density at radius 1 is 1.47 bits per heavy atom. The third-order valence-corrected chi connectivity index (χ3v) is 4.73. The molecule has 0 spiro atoms. The molecular formula is C18H21F2N7O3. The Kier molecular flexibility index (Phi) is 5.59. The van der Waals surface area contributed by atoms with Crippen molar-refractivity contribution >= 4 is 23.1 Å². The Labute approximate surface area is 170 Å². The quantitative estimate of drug-likeness (QED) is 0.644. The third kappa shape index (κ3) is 3.96. The zero-order chi connectivity index (χ0) is 21.3. The normalized spacial score (nSPS) is 17.1. The van der Waals surface area contributed by atoms with Crippen LogP contribution >= 0.6 is 0 Å². The highest BCUT2D eigenvalue weighted by molar-refractivity contribution is 6.08. The number of alkyl halides is 2. The smallest absolute Gasteiger partial charge is 0.284 e. The van der Waals surface area contributed by atoms with Crippen molar-refractivity contribution in [3.63, 3.8) is 0 Å². The molecular weight excluding hydrogens is 400 g/mol. The average Bonchev–Trinajstić information content (AvgIpc) is 3.31. The van der Waals surface area contributed by atoms with Gasteiger partial charge in [0.1, 0.15) is 11.4 Å². The van der Waals surface area contributed by atoms with Gasteiger partial charge < -0.3 is 19.7 Å². The number of halogens is 2. The van der Waals surface area contributed by atoms with Gasteiger partial charge in [-0.3, -0.25) is 9.48 Å². The highest BCUT2D eigenvalue weighted by Gasteiger charge is 2.24. The summed E-state index contributed by atoms with van der Waals surface area (Å²) in [6, 6.07) is 1.80. The summed E-state index contributed by atoms with van der Waals surface area (Å²) in [5.74, 6) is 0.0693. The number of hydrogen-bond donors (Lipinski definition) is 1. The molecule has 0 bridgehead atoms. The molecule has 4 heterocycles. The number of ether oxygens (including phenoxy) is 2. The summed E-state index contributed by atoms with van der Waals surface area (Å²) in [5.41, 5.74) is -0.0537. The van der Waals surface area contributed by atoms with Gasteiger partial charge in [-0.2, -0.15) is 10.2 Å². The lowest BCUT2D eigenvalue weighted by atomic mass is 10.2. The summed E-state index contributed by atoms with van der Waals surface area (Å²) in [6.07, 6.45) is 1.49. The summed E-state index contributed by atoms with van der Waals surface area (Å²) in [5, 5.41) is 10.3. The number of methoxy groups -OCH3 is 1. The van der Waals surface area contributed by atoms with Gasteiger partial charge in [-0.25, -0.2) is 18.3 Å². The van der Waals surface area contributed by atoms with Crippen molar-refractivity contribution < 1.29 is 23.0 Å². The lowest BCUT2D eigenvalue weighted by Crippen LogP contribution is -2.44. The SMILES string of the molecule is COCC1CN(c2ccn3ncc(C(=O)Nc4cn(C)nc4C(F)F)c3n2)CCO1. The third-order valence-electron chi connectivity index (χ3n) is 4.73. The van der Waals surface area contributed by atoms with E-state index in [1.54, 1.807) is 19.4 Å². The number of aromatic nitrogens is 5. The fourth-order valence-corrected chi connectivity index (χ4v) is 3.36. The van der Waals surface area contributed by atoms with Crippen LogP contribution in [-0.4, -0.2) is 69.8 Å². The monoisotopic (exact) mass is 421 g/mol. The molecule has 3 aromatic rings. The molecule has 0 aromatic carbocycles. The summed E-state index contributed by atoms with van der Waals surface area (Å²) >= 11 is 0. The second kappa shape index (κ2) is 8.32. The molecule has 160 valence electrons. The number of nitrogens with one attached hydrogen (secondary N) is 1. The van der Waals surface area contributed by atoms with Crippen LogP contribution in [0.2, 0.25) is 0 Å². The largest absolute Gasteiger partial charge is 0.382 e. The van der Waals surface area contributed by atoms with Gasteiger partial charge in [-0.05, 0) is 6.07 Å². The number of morpholine rings is 1. The molecule has 1 amide bonds. The second-order valence-corrected chi connectivity index (χ2v) is 6.86. The van der Waals surface area contributed by atoms with Gasteiger partial charge in [-0.1, -0.05) is 0 Å². The number of carbonyl (C=O) groups is 1. The maximum Gasteiger partial charge on any atom is 0.284 e. The molecule has 10 nitrogen and oxygen atoms in total. The van der Waals surface area contributed by atoms with E-state index >= 15 is 0 Å². The van der Waals surface area contributed by atoms with Gasteiger partial charge in [0.25, 0.3) is 12.3 Å². The Hall–Kier alpha value is -3.12. The first-order valence-corrected chi connectivity index (χ1v) is 9.29. The Bertz CT molecular complexity index is 1050. The first-order valence-electron chi connectivity index (χ1n) is 9.29. The van der Waals surface area contributed by atoms with Gasteiger partial charge in [-0.15, -0.1) is 0 Å². The summed E-state index contributed by atoms with van der Waals surface area (Å²) in [6.45, 7) is 2.24. The van der Waals surface area contributed by atoms with Crippen LogP contribution in [0.25, 0.3) is 5.65 Å². The summed E-state index contributed by atoms with van der Waals surface area (Å²) < 4.78 is 39.8. The van der Waals surface area contributed by atoms with Crippen molar-refractivity contribution in [3.05, 3.63) is 35.9 Å². The van der Waals surface area contributed by atoms with Crippen LogP contribution in [0, 0.1) is 0 Å². The highest BCUT2D eigenvalue weighted by Crippen LogP contribution is 2.26. The molecule has 1 saturated heterocycles. The number of anilines is 2. The van der Waals surface area contributed by atoms with Gasteiger partial charge >= 0.3 is 0 Å². The highest BCUT2D eigenvalue weighted by atomic mass is 19.3. The van der Waals surface area contributed by atoms with Crippen molar-refractivity contribution in [1.29, 1.82) is 0 Å². The topological polar surface area (TPSA) is 98.8 Å². The van der Waals surface area contributed by atoms with Gasteiger partial charge in [0.2, 0.25) is 0 Å². The van der Waals surface area contributed by atoms with E-state index in [1.807, 2.05) is 4.90 Å². The molecule has 4 rings (SSSR count). The Balaban J connectivity index is 1.59. The minimum Gasteiger partial charge on any atom is -0.382 e. The van der Waals surface area contributed by atoms with Gasteiger partial charge in [0.05, 0.1) is 31.2 Å². The van der Waals surface area contributed by atoms with Crippen LogP contribution in [0.5, 0.6) is 0 Å². The molecule has 0 aliphatic carbocycles. The van der Waals surface area contributed by atoms with Crippen molar-refractivity contribution in [2.45, 2.75) is 12.5 Å². The number of amides is 1. The van der Waals surface area contributed by atoms with Crippen LogP contribution in [-0.2, 0) is 16.5 Å². The van der Waals surface area contributed by atoms with E-state index in [0.29, 0.717) is 37.8 Å². The minimum atomic E-state index is -2.81. The molecule has 0 saturated carbocycles. The molecule has 0 radical (unpaired) electrons. The maximum absolute atomic E-state index is 13.2. The lowest BCUT2D eigenvalue weighted by Gasteiger charge is -2.33. The average molecular weight is 421 g/mol. The lowest BCUT2D eigenvalue weighted by molar-refractivity contribution is -0.0102. The van der Waals surface area contributed by atoms with Crippen molar-refractivity contribution in [1.82, 2.24) is 24.4 Å². The molecule has 3 aromatic heterocycles. The predicted octanol–water partition coefficient (Wildman–Crippen LogP) is 1.50. The van der Waals surface area contributed by atoms with E-state index in [2.05, 4.69) is 20.5 Å². The van der Waals surface area contributed by atoms with Crippen LogP contribution < -0.4 is 10.2 Å².